The molecule has 0 aromatic heterocycles. The molecule has 0 heterocycles. The van der Waals surface area contributed by atoms with Crippen molar-refractivity contribution in [3.05, 3.63) is 0 Å². The van der Waals surface area contributed by atoms with Crippen LogP contribution in [0, 0.1) is 17.8 Å². The molecule has 2 amide bonds. The van der Waals surface area contributed by atoms with Gasteiger partial charge in [0.2, 0.25) is 0 Å². The number of hydrogen-bond donors (Lipinski definition) is 3. The molecule has 5 nitrogen and oxygen atoms in total. The predicted octanol–water partition coefficient (Wildman–Crippen LogP) is 1.98. The lowest BCUT2D eigenvalue weighted by Crippen LogP contribution is -2.44. The van der Waals surface area contributed by atoms with Crippen molar-refractivity contribution in [3.63, 3.8) is 0 Å². The third-order valence-electron chi connectivity index (χ3n) is 4.08. The fourth-order valence-corrected chi connectivity index (χ4v) is 2.47. The van der Waals surface area contributed by atoms with Crippen LogP contribution in [0.1, 0.15) is 45.4 Å². The Labute approximate surface area is 114 Å². The molecule has 1 atom stereocenters. The van der Waals surface area contributed by atoms with Crippen LogP contribution in [-0.2, 0) is 4.79 Å². The van der Waals surface area contributed by atoms with Gasteiger partial charge in [0.05, 0.1) is 5.92 Å². The van der Waals surface area contributed by atoms with E-state index < -0.39 is 5.97 Å². The standard InChI is InChI=1S/C14H24N2O3/c1-9(13(17)18)3-2-8-15-14(19)16-12(10-4-5-10)11-6-7-11/h9-12H,2-8H2,1H3,(H,17,18)(H2,15,16,19). The molecule has 108 valence electrons. The molecule has 1 unspecified atom stereocenters. The zero-order valence-electron chi connectivity index (χ0n) is 11.5. The van der Waals surface area contributed by atoms with Crippen LogP contribution in [0.5, 0.6) is 0 Å². The Hall–Kier alpha value is -1.26. The van der Waals surface area contributed by atoms with Crippen LogP contribution in [0.2, 0.25) is 0 Å². The Morgan fingerprint density at radius 2 is 1.79 bits per heavy atom. The molecule has 2 saturated carbocycles. The first-order chi connectivity index (χ1) is 9.08. The molecule has 0 radical (unpaired) electrons. The van der Waals surface area contributed by atoms with Crippen LogP contribution < -0.4 is 10.6 Å². The summed E-state index contributed by atoms with van der Waals surface area (Å²) >= 11 is 0. The summed E-state index contributed by atoms with van der Waals surface area (Å²) in [5.74, 6) is 0.290. The molecule has 0 aliphatic heterocycles. The second-order valence-corrected chi connectivity index (χ2v) is 5.98. The number of carbonyl (C=O) groups excluding carboxylic acids is 1. The fraction of sp³-hybridized carbons (Fsp3) is 0.857. The van der Waals surface area contributed by atoms with Crippen molar-refractivity contribution < 1.29 is 14.7 Å². The molecule has 0 aromatic rings. The Balaban J connectivity index is 1.57. The van der Waals surface area contributed by atoms with E-state index in [1.54, 1.807) is 6.92 Å². The molecule has 5 heteroatoms. The maximum Gasteiger partial charge on any atom is 0.315 e. The SMILES string of the molecule is CC(CCCNC(=O)NC(C1CC1)C1CC1)C(=O)O. The summed E-state index contributed by atoms with van der Waals surface area (Å²) in [6.45, 7) is 2.24. The number of carbonyl (C=O) groups is 2. The predicted molar refractivity (Wildman–Crippen MR) is 71.8 cm³/mol. The summed E-state index contributed by atoms with van der Waals surface area (Å²) in [5, 5.41) is 14.7. The normalized spacial score (nSPS) is 20.1. The van der Waals surface area contributed by atoms with E-state index in [1.165, 1.54) is 25.7 Å². The fourth-order valence-electron chi connectivity index (χ4n) is 2.47. The van der Waals surface area contributed by atoms with Crippen molar-refractivity contribution in [2.45, 2.75) is 51.5 Å². The maximum absolute atomic E-state index is 11.8. The lowest BCUT2D eigenvalue weighted by atomic mass is 10.1. The van der Waals surface area contributed by atoms with Crippen molar-refractivity contribution in [1.29, 1.82) is 0 Å². The highest BCUT2D eigenvalue weighted by Gasteiger charge is 2.42. The quantitative estimate of drug-likeness (QED) is 0.589. The van der Waals surface area contributed by atoms with Crippen molar-refractivity contribution in [2.75, 3.05) is 6.54 Å². The van der Waals surface area contributed by atoms with E-state index in [2.05, 4.69) is 10.6 Å². The Bertz CT molecular complexity index is 326. The highest BCUT2D eigenvalue weighted by atomic mass is 16.4. The number of rotatable bonds is 8. The Morgan fingerprint density at radius 1 is 1.21 bits per heavy atom. The molecule has 2 aliphatic carbocycles. The number of carboxylic acids is 1. The van der Waals surface area contributed by atoms with Gasteiger partial charge >= 0.3 is 12.0 Å². The topological polar surface area (TPSA) is 78.4 Å². The van der Waals surface area contributed by atoms with Gasteiger partial charge in [-0.3, -0.25) is 4.79 Å². The molecule has 2 aliphatic rings. The summed E-state index contributed by atoms with van der Waals surface area (Å²) in [5.41, 5.74) is 0. The summed E-state index contributed by atoms with van der Waals surface area (Å²) in [4.78, 5) is 22.4. The molecule has 3 N–H and O–H groups in total. The van der Waals surface area contributed by atoms with Gasteiger partial charge in [-0.25, -0.2) is 4.79 Å². The van der Waals surface area contributed by atoms with E-state index in [9.17, 15) is 9.59 Å². The van der Waals surface area contributed by atoms with Gasteiger partial charge in [0.25, 0.3) is 0 Å². The second kappa shape index (κ2) is 6.26. The molecule has 0 aromatic carbocycles. The lowest BCUT2D eigenvalue weighted by Gasteiger charge is -2.18. The average Bonchev–Trinajstić information content (AvgIpc) is 3.24. The minimum Gasteiger partial charge on any atom is -0.481 e. The number of nitrogens with one attached hydrogen (secondary N) is 2. The van der Waals surface area contributed by atoms with E-state index in [0.717, 1.165) is 0 Å². The third kappa shape index (κ3) is 4.73. The van der Waals surface area contributed by atoms with E-state index in [4.69, 9.17) is 5.11 Å². The van der Waals surface area contributed by atoms with Crippen molar-refractivity contribution in [3.8, 4) is 0 Å². The molecular weight excluding hydrogens is 244 g/mol. The highest BCUT2D eigenvalue weighted by molar-refractivity contribution is 5.74. The van der Waals surface area contributed by atoms with Crippen LogP contribution >= 0.6 is 0 Å². The number of amides is 2. The van der Waals surface area contributed by atoms with Gasteiger partial charge in [-0.05, 0) is 50.4 Å². The first kappa shape index (κ1) is 14.2. The lowest BCUT2D eigenvalue weighted by molar-refractivity contribution is -0.141. The molecule has 0 bridgehead atoms. The molecule has 0 saturated heterocycles. The molecule has 2 rings (SSSR count). The Morgan fingerprint density at radius 3 is 2.26 bits per heavy atom. The smallest absolute Gasteiger partial charge is 0.315 e. The monoisotopic (exact) mass is 268 g/mol. The second-order valence-electron chi connectivity index (χ2n) is 5.98. The van der Waals surface area contributed by atoms with Gasteiger partial charge < -0.3 is 15.7 Å². The highest BCUT2D eigenvalue weighted by Crippen LogP contribution is 2.44. The van der Waals surface area contributed by atoms with Crippen LogP contribution in [0.4, 0.5) is 4.79 Å². The van der Waals surface area contributed by atoms with E-state index in [1.807, 2.05) is 0 Å². The van der Waals surface area contributed by atoms with Crippen molar-refractivity contribution >= 4 is 12.0 Å². The van der Waals surface area contributed by atoms with Crippen LogP contribution in [-0.4, -0.2) is 29.7 Å². The van der Waals surface area contributed by atoms with E-state index >= 15 is 0 Å². The van der Waals surface area contributed by atoms with Crippen LogP contribution in [0.25, 0.3) is 0 Å². The molecule has 2 fully saturated rings. The van der Waals surface area contributed by atoms with Gasteiger partial charge in [0, 0.05) is 12.6 Å². The van der Waals surface area contributed by atoms with Gasteiger partial charge in [0.15, 0.2) is 0 Å². The third-order valence-corrected chi connectivity index (χ3v) is 4.08. The largest absolute Gasteiger partial charge is 0.481 e. The summed E-state index contributed by atoms with van der Waals surface area (Å²) in [7, 11) is 0. The Kier molecular flexibility index (Phi) is 4.66. The van der Waals surface area contributed by atoms with Gasteiger partial charge in [0.1, 0.15) is 0 Å². The molecule has 19 heavy (non-hydrogen) atoms. The maximum atomic E-state index is 11.8. The zero-order chi connectivity index (χ0) is 13.8. The number of hydrogen-bond acceptors (Lipinski definition) is 2. The van der Waals surface area contributed by atoms with E-state index in [-0.39, 0.29) is 11.9 Å². The summed E-state index contributed by atoms with van der Waals surface area (Å²) < 4.78 is 0. The first-order valence-corrected chi connectivity index (χ1v) is 7.35. The van der Waals surface area contributed by atoms with Gasteiger partial charge in [-0.2, -0.15) is 0 Å². The molecular formula is C14H24N2O3. The van der Waals surface area contributed by atoms with Crippen molar-refractivity contribution in [2.24, 2.45) is 17.8 Å². The minimum absolute atomic E-state index is 0.0909. The van der Waals surface area contributed by atoms with E-state index in [0.29, 0.717) is 37.3 Å². The zero-order valence-corrected chi connectivity index (χ0v) is 11.5. The van der Waals surface area contributed by atoms with Crippen LogP contribution in [0.15, 0.2) is 0 Å². The molecule has 0 spiro atoms. The van der Waals surface area contributed by atoms with Crippen LogP contribution in [0.3, 0.4) is 0 Å². The number of aliphatic carboxylic acids is 1. The number of carboxylic acid groups (broad SMARTS) is 1. The minimum atomic E-state index is -0.771. The van der Waals surface area contributed by atoms with Gasteiger partial charge in [-0.1, -0.05) is 6.92 Å². The average molecular weight is 268 g/mol. The summed E-state index contributed by atoms with van der Waals surface area (Å²) in [6, 6.07) is 0.282. The number of urea groups is 1. The van der Waals surface area contributed by atoms with Gasteiger partial charge in [-0.15, -0.1) is 0 Å². The summed E-state index contributed by atoms with van der Waals surface area (Å²) in [6.07, 6.45) is 6.30. The first-order valence-electron chi connectivity index (χ1n) is 7.35. The van der Waals surface area contributed by atoms with Crippen molar-refractivity contribution in [1.82, 2.24) is 10.6 Å².